The lowest BCUT2D eigenvalue weighted by Crippen LogP contribution is -2.52. The van der Waals surface area contributed by atoms with E-state index in [1.165, 1.54) is 0 Å². The van der Waals surface area contributed by atoms with Crippen LogP contribution < -0.4 is 16.0 Å². The van der Waals surface area contributed by atoms with Crippen LogP contribution in [-0.2, 0) is 22.5 Å². The molecule has 0 aliphatic carbocycles. The number of aromatic hydroxyl groups is 2. The molecule has 5 N–H and O–H groups in total. The van der Waals surface area contributed by atoms with Crippen LogP contribution in [0.1, 0.15) is 45.0 Å². The summed E-state index contributed by atoms with van der Waals surface area (Å²) in [5.41, 5.74) is 4.69. The molecule has 1 unspecified atom stereocenters. The van der Waals surface area contributed by atoms with E-state index in [4.69, 9.17) is 4.74 Å². The highest BCUT2D eigenvalue weighted by Crippen LogP contribution is 2.25. The van der Waals surface area contributed by atoms with Gasteiger partial charge in [-0.15, -0.1) is 0 Å². The predicted octanol–water partition coefficient (Wildman–Crippen LogP) is 6.21. The van der Waals surface area contributed by atoms with Crippen molar-refractivity contribution in [2.24, 2.45) is 0 Å². The first kappa shape index (κ1) is 35.7. The number of anilines is 1. The molecule has 2 atom stereocenters. The first-order valence-electron chi connectivity index (χ1n) is 17.3. The zero-order chi connectivity index (χ0) is 36.3. The fourth-order valence-electron chi connectivity index (χ4n) is 6.35. The largest absolute Gasteiger partial charge is 0.508 e. The Morgan fingerprint density at radius 1 is 0.731 bits per heavy atom. The molecule has 0 radical (unpaired) electrons. The van der Waals surface area contributed by atoms with E-state index in [2.05, 4.69) is 20.9 Å². The quantitative estimate of drug-likeness (QED) is 0.0922. The third kappa shape index (κ3) is 9.98. The van der Waals surface area contributed by atoms with E-state index >= 15 is 0 Å². The number of nitrogens with zero attached hydrogens (tertiary/aromatic N) is 1. The molecule has 5 aromatic rings. The molecule has 0 bridgehead atoms. The second-order valence-corrected chi connectivity index (χ2v) is 13.0. The summed E-state index contributed by atoms with van der Waals surface area (Å²) in [4.78, 5) is 42.0. The molecule has 52 heavy (non-hydrogen) atoms. The molecular formula is C42H42N4O6. The van der Waals surface area contributed by atoms with Crippen LogP contribution >= 0.6 is 0 Å². The Morgan fingerprint density at radius 2 is 1.31 bits per heavy atom. The number of phenolic OH excluding ortho intramolecular Hbond substituents is 2. The normalized spacial score (nSPS) is 14.8. The average Bonchev–Trinajstić information content (AvgIpc) is 3.60. The Morgan fingerprint density at radius 3 is 1.90 bits per heavy atom. The van der Waals surface area contributed by atoms with Crippen LogP contribution in [0.25, 0.3) is 0 Å². The summed E-state index contributed by atoms with van der Waals surface area (Å²) in [5, 5.41) is 28.0. The minimum atomic E-state index is -0.896. The number of urea groups is 1. The maximum absolute atomic E-state index is 13.6. The Kier molecular flexibility index (Phi) is 11.8. The standard InChI is InChI=1S/C42H42N4O6/c47-36-19-11-29(12-20-36)25-39(40(49)43-35-23-24-46(27-35)26-30-13-21-37(48)22-14-30)45-42(51)44-34-17-15-33(16-18-34)41(50)52-28-38(31-7-3-1-4-8-31)32-9-5-2-6-10-32/h1-22,35,38-39,47-48H,23-28H2,(H,43,49)(H2,44,45,51)/t35?,39-/m0/s1. The van der Waals surface area contributed by atoms with Gasteiger partial charge in [0, 0.05) is 43.7 Å². The van der Waals surface area contributed by atoms with Gasteiger partial charge in [-0.1, -0.05) is 84.9 Å². The molecule has 0 spiro atoms. The van der Waals surface area contributed by atoms with E-state index < -0.39 is 18.0 Å². The van der Waals surface area contributed by atoms with E-state index in [9.17, 15) is 24.6 Å². The summed E-state index contributed by atoms with van der Waals surface area (Å²) in [6, 6.07) is 38.2. The highest BCUT2D eigenvalue weighted by atomic mass is 16.5. The number of carbonyl (C=O) groups excluding carboxylic acids is 3. The molecule has 1 fully saturated rings. The van der Waals surface area contributed by atoms with E-state index in [-0.39, 0.29) is 42.4 Å². The van der Waals surface area contributed by atoms with Crippen LogP contribution in [-0.4, -0.2) is 64.8 Å². The maximum Gasteiger partial charge on any atom is 0.338 e. The fraction of sp³-hybridized carbons (Fsp3) is 0.214. The monoisotopic (exact) mass is 698 g/mol. The number of likely N-dealkylation sites (tertiary alicyclic amines) is 1. The van der Waals surface area contributed by atoms with Gasteiger partial charge in [0.1, 0.15) is 24.1 Å². The Balaban J connectivity index is 1.04. The number of amides is 3. The molecular weight excluding hydrogens is 656 g/mol. The van der Waals surface area contributed by atoms with Crippen LogP contribution in [0.3, 0.4) is 0 Å². The van der Waals surface area contributed by atoms with Crippen molar-refractivity contribution in [1.29, 1.82) is 0 Å². The molecule has 1 aliphatic rings. The van der Waals surface area contributed by atoms with Gasteiger partial charge in [-0.25, -0.2) is 9.59 Å². The lowest BCUT2D eigenvalue weighted by atomic mass is 9.92. The number of benzene rings is 5. The summed E-state index contributed by atoms with van der Waals surface area (Å²) in [6.45, 7) is 2.31. The van der Waals surface area contributed by atoms with Gasteiger partial charge in [0.05, 0.1) is 5.56 Å². The molecule has 1 aliphatic heterocycles. The van der Waals surface area contributed by atoms with Gasteiger partial charge in [0.25, 0.3) is 0 Å². The van der Waals surface area contributed by atoms with Crippen molar-refractivity contribution >= 4 is 23.6 Å². The second-order valence-electron chi connectivity index (χ2n) is 13.0. The van der Waals surface area contributed by atoms with E-state index in [1.807, 2.05) is 72.8 Å². The van der Waals surface area contributed by atoms with Gasteiger partial charge < -0.3 is 30.9 Å². The van der Waals surface area contributed by atoms with Crippen molar-refractivity contribution in [2.45, 2.75) is 37.4 Å². The minimum Gasteiger partial charge on any atom is -0.508 e. The first-order chi connectivity index (χ1) is 25.3. The Hall–Kier alpha value is -6.13. The van der Waals surface area contributed by atoms with E-state index in [0.29, 0.717) is 24.3 Å². The molecule has 266 valence electrons. The van der Waals surface area contributed by atoms with Crippen molar-refractivity contribution in [1.82, 2.24) is 15.5 Å². The van der Waals surface area contributed by atoms with Crippen molar-refractivity contribution in [2.75, 3.05) is 25.0 Å². The number of phenols is 2. The number of rotatable bonds is 13. The smallest absolute Gasteiger partial charge is 0.338 e. The molecule has 0 aromatic heterocycles. The molecule has 1 heterocycles. The molecule has 0 saturated carbocycles. The lowest BCUT2D eigenvalue weighted by Gasteiger charge is -2.22. The van der Waals surface area contributed by atoms with Crippen LogP contribution in [0.5, 0.6) is 11.5 Å². The second kappa shape index (κ2) is 17.2. The first-order valence-corrected chi connectivity index (χ1v) is 17.3. The number of hydrogen-bond acceptors (Lipinski definition) is 7. The van der Waals surface area contributed by atoms with E-state index in [1.54, 1.807) is 60.7 Å². The van der Waals surface area contributed by atoms with Crippen LogP contribution in [0, 0.1) is 0 Å². The van der Waals surface area contributed by atoms with Crippen molar-refractivity contribution in [3.05, 3.63) is 161 Å². The number of esters is 1. The highest BCUT2D eigenvalue weighted by Gasteiger charge is 2.28. The number of nitrogens with one attached hydrogen (secondary N) is 3. The summed E-state index contributed by atoms with van der Waals surface area (Å²) in [6.07, 6.45) is 0.969. The third-order valence-corrected chi connectivity index (χ3v) is 9.12. The molecule has 10 nitrogen and oxygen atoms in total. The molecule has 1 saturated heterocycles. The van der Waals surface area contributed by atoms with Crippen molar-refractivity contribution < 1.29 is 29.3 Å². The number of ether oxygens (including phenoxy) is 1. The van der Waals surface area contributed by atoms with Gasteiger partial charge in [0.15, 0.2) is 0 Å². The number of hydrogen-bond donors (Lipinski definition) is 5. The van der Waals surface area contributed by atoms with E-state index in [0.717, 1.165) is 35.2 Å². The van der Waals surface area contributed by atoms with Gasteiger partial charge in [-0.3, -0.25) is 9.69 Å². The third-order valence-electron chi connectivity index (χ3n) is 9.12. The molecule has 10 heteroatoms. The topological polar surface area (TPSA) is 140 Å². The minimum absolute atomic E-state index is 0.0974. The van der Waals surface area contributed by atoms with Crippen molar-refractivity contribution in [3.8, 4) is 11.5 Å². The highest BCUT2D eigenvalue weighted by molar-refractivity contribution is 5.95. The summed E-state index contributed by atoms with van der Waals surface area (Å²) in [7, 11) is 0. The SMILES string of the molecule is O=C(Nc1ccc(C(=O)OCC(c2ccccc2)c2ccccc2)cc1)N[C@@H](Cc1ccc(O)cc1)C(=O)NC1CCN(Cc2ccc(O)cc2)C1. The van der Waals surface area contributed by atoms with Crippen LogP contribution in [0.2, 0.25) is 0 Å². The van der Waals surface area contributed by atoms with Crippen LogP contribution in [0.4, 0.5) is 10.5 Å². The Labute approximate surface area is 303 Å². The molecule has 6 rings (SSSR count). The van der Waals surface area contributed by atoms with Gasteiger partial charge in [0.2, 0.25) is 5.91 Å². The van der Waals surface area contributed by atoms with Gasteiger partial charge >= 0.3 is 12.0 Å². The number of carbonyl (C=O) groups is 3. The summed E-state index contributed by atoms with van der Waals surface area (Å²) in [5.74, 6) is -0.597. The average molecular weight is 699 g/mol. The maximum atomic E-state index is 13.6. The zero-order valence-corrected chi connectivity index (χ0v) is 28.7. The summed E-state index contributed by atoms with van der Waals surface area (Å²) >= 11 is 0. The molecule has 5 aromatic carbocycles. The zero-order valence-electron chi connectivity index (χ0n) is 28.7. The summed E-state index contributed by atoms with van der Waals surface area (Å²) < 4.78 is 5.75. The predicted molar refractivity (Wildman–Crippen MR) is 199 cm³/mol. The van der Waals surface area contributed by atoms with Crippen molar-refractivity contribution in [3.63, 3.8) is 0 Å². The molecule has 3 amide bonds. The van der Waals surface area contributed by atoms with Gasteiger partial charge in [-0.2, -0.15) is 0 Å². The Bertz CT molecular complexity index is 1880. The lowest BCUT2D eigenvalue weighted by molar-refractivity contribution is -0.123. The van der Waals surface area contributed by atoms with Crippen LogP contribution in [0.15, 0.2) is 133 Å². The van der Waals surface area contributed by atoms with Gasteiger partial charge in [-0.05, 0) is 77.2 Å². The fourth-order valence-corrected chi connectivity index (χ4v) is 6.35.